The summed E-state index contributed by atoms with van der Waals surface area (Å²) in [5.41, 5.74) is 1.98. The van der Waals surface area contributed by atoms with Crippen LogP contribution in [-0.2, 0) is 46.5 Å². The van der Waals surface area contributed by atoms with Crippen molar-refractivity contribution in [2.45, 2.75) is 18.0 Å². The highest BCUT2D eigenvalue weighted by Crippen LogP contribution is 2.39. The minimum atomic E-state index is -4.69. The number of fused-ring (bicyclic) bond motifs is 3. The zero-order valence-electron chi connectivity index (χ0n) is 27.6. The molecule has 50 heavy (non-hydrogen) atoms. The first-order valence-electron chi connectivity index (χ1n) is 15.9. The van der Waals surface area contributed by atoms with Gasteiger partial charge in [-0.1, -0.05) is 29.8 Å². The van der Waals surface area contributed by atoms with Crippen LogP contribution in [0.3, 0.4) is 0 Å². The number of hydrogen-bond acceptors (Lipinski definition) is 10. The van der Waals surface area contributed by atoms with E-state index in [1.807, 2.05) is 24.6 Å². The molecule has 0 spiro atoms. The summed E-state index contributed by atoms with van der Waals surface area (Å²) in [5, 5.41) is 1.82. The molecule has 0 aliphatic rings. The largest absolute Gasteiger partial charge is 0.475 e. The van der Waals surface area contributed by atoms with Crippen molar-refractivity contribution in [2.24, 2.45) is 7.05 Å². The van der Waals surface area contributed by atoms with Gasteiger partial charge in [0, 0.05) is 47.4 Å². The first kappa shape index (κ1) is 37.1. The van der Waals surface area contributed by atoms with Crippen LogP contribution in [0.1, 0.15) is 11.3 Å². The highest BCUT2D eigenvalue weighted by molar-refractivity contribution is 7.86. The molecular formula is C35H38F3N3O8S. The van der Waals surface area contributed by atoms with Crippen LogP contribution in [0.15, 0.2) is 78.0 Å². The minimum absolute atomic E-state index is 0.00557. The van der Waals surface area contributed by atoms with Gasteiger partial charge in [0.05, 0.1) is 69.9 Å². The summed E-state index contributed by atoms with van der Waals surface area (Å²) in [5.74, 6) is -0.154. The zero-order chi connectivity index (χ0) is 35.6. The Morgan fingerprint density at radius 1 is 0.720 bits per heavy atom. The smallest absolute Gasteiger partial charge is 0.434 e. The highest BCUT2D eigenvalue weighted by atomic mass is 32.2. The van der Waals surface area contributed by atoms with Crippen molar-refractivity contribution < 1.29 is 49.5 Å². The van der Waals surface area contributed by atoms with E-state index in [1.54, 1.807) is 42.7 Å². The quantitative estimate of drug-likeness (QED) is 0.0747. The van der Waals surface area contributed by atoms with E-state index in [4.69, 9.17) is 27.9 Å². The molecule has 0 aliphatic heterocycles. The molecule has 0 amide bonds. The number of halogens is 3. The van der Waals surface area contributed by atoms with Crippen molar-refractivity contribution in [3.8, 4) is 17.0 Å². The highest BCUT2D eigenvalue weighted by Gasteiger charge is 2.36. The van der Waals surface area contributed by atoms with Gasteiger partial charge >= 0.3 is 6.18 Å². The standard InChI is InChI=1S/C35H38F3N3O8S/c1-25-3-6-27(7-4-25)50(42,43)49-22-20-47-18-16-45-14-13-44-15-17-46-19-21-48-33-10-9-28(34(40-33)35(36,37)38)26-5-8-29-30-24-39-12-11-31(30)41(2)32(29)23-26/h3-12,23-24H,13-22H2,1-2H3. The summed E-state index contributed by atoms with van der Waals surface area (Å²) in [6, 6.07) is 16.2. The van der Waals surface area contributed by atoms with Gasteiger partial charge in [0.1, 0.15) is 6.61 Å². The second kappa shape index (κ2) is 17.2. The Balaban J connectivity index is 0.944. The summed E-state index contributed by atoms with van der Waals surface area (Å²) < 4.78 is 100. The lowest BCUT2D eigenvalue weighted by Crippen LogP contribution is -2.15. The number of ether oxygens (including phenoxy) is 5. The molecule has 0 N–H and O–H groups in total. The molecular weight excluding hydrogens is 679 g/mol. The van der Waals surface area contributed by atoms with Gasteiger partial charge in [-0.25, -0.2) is 4.98 Å². The Labute approximate surface area is 288 Å². The second-order valence-electron chi connectivity index (χ2n) is 11.1. The topological polar surface area (TPSA) is 120 Å². The van der Waals surface area contributed by atoms with E-state index in [0.717, 1.165) is 27.4 Å². The van der Waals surface area contributed by atoms with Gasteiger partial charge in [0.25, 0.3) is 10.1 Å². The molecule has 2 aromatic carbocycles. The van der Waals surface area contributed by atoms with E-state index in [0.29, 0.717) is 25.4 Å². The Morgan fingerprint density at radius 3 is 1.98 bits per heavy atom. The van der Waals surface area contributed by atoms with Crippen LogP contribution in [0, 0.1) is 6.92 Å². The number of pyridine rings is 2. The molecule has 5 rings (SSSR count). The van der Waals surface area contributed by atoms with Crippen molar-refractivity contribution in [3.05, 3.63) is 84.3 Å². The number of rotatable bonds is 19. The number of alkyl halides is 3. The third-order valence-corrected chi connectivity index (χ3v) is 8.95. The predicted octanol–water partition coefficient (Wildman–Crippen LogP) is 5.97. The average Bonchev–Trinajstić information content (AvgIpc) is 3.38. The third-order valence-electron chi connectivity index (χ3n) is 7.63. The van der Waals surface area contributed by atoms with Crippen molar-refractivity contribution in [2.75, 3.05) is 66.1 Å². The Morgan fingerprint density at radius 2 is 1.34 bits per heavy atom. The molecule has 3 aromatic heterocycles. The maximum Gasteiger partial charge on any atom is 0.434 e. The fraction of sp³-hybridized carbons (Fsp3) is 0.371. The molecule has 0 saturated carbocycles. The molecule has 5 aromatic rings. The van der Waals surface area contributed by atoms with Gasteiger partial charge in [0.15, 0.2) is 5.69 Å². The third kappa shape index (κ3) is 9.77. The SMILES string of the molecule is Cc1ccc(S(=O)(=O)OCCOCCOCCOCCOCCOc2ccc(-c3ccc4c5cnccc5n(C)c4c3)c(C(F)(F)F)n2)cc1. The van der Waals surface area contributed by atoms with Gasteiger partial charge in [-0.05, 0) is 42.8 Å². The molecule has 0 saturated heterocycles. The summed E-state index contributed by atoms with van der Waals surface area (Å²) in [6.07, 6.45) is -1.27. The summed E-state index contributed by atoms with van der Waals surface area (Å²) >= 11 is 0. The molecule has 0 atom stereocenters. The number of nitrogens with zero attached hydrogens (tertiary/aromatic N) is 3. The lowest BCUT2D eigenvalue weighted by atomic mass is 10.0. The van der Waals surface area contributed by atoms with E-state index < -0.39 is 22.0 Å². The van der Waals surface area contributed by atoms with Crippen molar-refractivity contribution in [1.82, 2.24) is 14.5 Å². The first-order chi connectivity index (χ1) is 24.0. The summed E-state index contributed by atoms with van der Waals surface area (Å²) in [4.78, 5) is 8.06. The lowest BCUT2D eigenvalue weighted by molar-refractivity contribution is -0.140. The second-order valence-corrected chi connectivity index (χ2v) is 12.7. The Hall–Kier alpha value is -4.12. The van der Waals surface area contributed by atoms with E-state index in [-0.39, 0.29) is 62.6 Å². The normalized spacial score (nSPS) is 12.3. The fourth-order valence-corrected chi connectivity index (χ4v) is 6.03. The van der Waals surface area contributed by atoms with Crippen molar-refractivity contribution in [1.29, 1.82) is 0 Å². The van der Waals surface area contributed by atoms with E-state index >= 15 is 0 Å². The minimum Gasteiger partial charge on any atom is -0.475 e. The molecule has 0 aliphatic carbocycles. The van der Waals surface area contributed by atoms with E-state index in [2.05, 4.69) is 9.97 Å². The Bertz CT molecular complexity index is 1970. The monoisotopic (exact) mass is 717 g/mol. The van der Waals surface area contributed by atoms with Crippen LogP contribution < -0.4 is 4.74 Å². The molecule has 0 radical (unpaired) electrons. The van der Waals surface area contributed by atoms with Crippen LogP contribution in [0.4, 0.5) is 13.2 Å². The number of benzene rings is 2. The molecule has 0 unspecified atom stereocenters. The maximum atomic E-state index is 14.1. The number of aryl methyl sites for hydroxylation is 2. The van der Waals surface area contributed by atoms with Crippen LogP contribution in [0.25, 0.3) is 32.9 Å². The van der Waals surface area contributed by atoms with Crippen LogP contribution in [0.5, 0.6) is 5.88 Å². The number of aromatic nitrogens is 3. The van der Waals surface area contributed by atoms with Gasteiger partial charge < -0.3 is 28.3 Å². The van der Waals surface area contributed by atoms with Gasteiger partial charge in [-0.2, -0.15) is 21.6 Å². The number of hydrogen-bond donors (Lipinski definition) is 0. The van der Waals surface area contributed by atoms with Gasteiger partial charge in [-0.15, -0.1) is 0 Å². The summed E-state index contributed by atoms with van der Waals surface area (Å²) in [7, 11) is -1.96. The van der Waals surface area contributed by atoms with Crippen molar-refractivity contribution >= 4 is 31.9 Å². The van der Waals surface area contributed by atoms with Crippen molar-refractivity contribution in [3.63, 3.8) is 0 Å². The molecule has 0 fully saturated rings. The average molecular weight is 718 g/mol. The van der Waals surface area contributed by atoms with Crippen LogP contribution in [0.2, 0.25) is 0 Å². The zero-order valence-corrected chi connectivity index (χ0v) is 28.5. The van der Waals surface area contributed by atoms with Crippen LogP contribution >= 0.6 is 0 Å². The maximum absolute atomic E-state index is 14.1. The Kier molecular flexibility index (Phi) is 12.8. The molecule has 15 heteroatoms. The molecule has 11 nitrogen and oxygen atoms in total. The molecule has 3 heterocycles. The predicted molar refractivity (Wildman–Crippen MR) is 180 cm³/mol. The van der Waals surface area contributed by atoms with Gasteiger partial charge in [0.2, 0.25) is 5.88 Å². The van der Waals surface area contributed by atoms with Crippen LogP contribution in [-0.4, -0.2) is 89.0 Å². The van der Waals surface area contributed by atoms with E-state index in [9.17, 15) is 21.6 Å². The van der Waals surface area contributed by atoms with E-state index in [1.165, 1.54) is 24.3 Å². The van der Waals surface area contributed by atoms with Gasteiger partial charge in [-0.3, -0.25) is 9.17 Å². The lowest BCUT2D eigenvalue weighted by Gasteiger charge is -2.14. The molecule has 268 valence electrons. The summed E-state index contributed by atoms with van der Waals surface area (Å²) in [6.45, 7) is 3.73. The first-order valence-corrected chi connectivity index (χ1v) is 17.3. The fourth-order valence-electron chi connectivity index (χ4n) is 5.13. The molecule has 0 bridgehead atoms.